The molecule has 8 heteroatoms. The van der Waals surface area contributed by atoms with Gasteiger partial charge in [0.05, 0.1) is 27.9 Å². The lowest BCUT2D eigenvalue weighted by molar-refractivity contribution is -0.698. The molecule has 1 unspecified atom stereocenters. The van der Waals surface area contributed by atoms with Gasteiger partial charge in [-0.3, -0.25) is 0 Å². The van der Waals surface area contributed by atoms with Crippen molar-refractivity contribution in [3.8, 4) is 11.5 Å². The maximum absolute atomic E-state index is 10.2. The Hall–Kier alpha value is 1.21. The van der Waals surface area contributed by atoms with Crippen LogP contribution in [-0.4, -0.2) is 18.8 Å². The van der Waals surface area contributed by atoms with Gasteiger partial charge in [0.2, 0.25) is 0 Å². The van der Waals surface area contributed by atoms with Crippen LogP contribution in [-0.2, 0) is 12.8 Å². The molecule has 0 radical (unpaired) electrons. The molecule has 1 aliphatic heterocycles. The lowest BCUT2D eigenvalue weighted by atomic mass is 9.90. The quantitative estimate of drug-likeness (QED) is 0.459. The second-order valence-corrected chi connectivity index (χ2v) is 10.3. The topological polar surface area (TPSA) is 46.1 Å². The molecule has 3 rings (SSSR count). The van der Waals surface area contributed by atoms with Crippen molar-refractivity contribution in [3.63, 3.8) is 0 Å². The van der Waals surface area contributed by atoms with E-state index in [1.807, 2.05) is 0 Å². The summed E-state index contributed by atoms with van der Waals surface area (Å²) in [4.78, 5) is 0. The minimum atomic E-state index is 0. The Balaban J connectivity index is 0.00000225. The van der Waals surface area contributed by atoms with Crippen molar-refractivity contribution in [2.45, 2.75) is 18.9 Å². The average Bonchev–Trinajstić information content (AvgIpc) is 2.53. The summed E-state index contributed by atoms with van der Waals surface area (Å²) < 4.78 is 9.74. The molecule has 3 nitrogen and oxygen atoms in total. The number of nitrogens with two attached hydrogens (primary N) is 1. The van der Waals surface area contributed by atoms with Crippen LogP contribution in [0.25, 0.3) is 0 Å². The van der Waals surface area contributed by atoms with Gasteiger partial charge in [0.25, 0.3) is 0 Å². The molecule has 0 aliphatic carbocycles. The average molecular weight is 809 g/mol. The van der Waals surface area contributed by atoms with Gasteiger partial charge in [-0.25, -0.2) is 0 Å². The van der Waals surface area contributed by atoms with Gasteiger partial charge in [-0.15, -0.1) is 0 Å². The second kappa shape index (κ2) is 9.61. The third-order valence-electron chi connectivity index (χ3n) is 4.29. The first-order valence-electron chi connectivity index (χ1n) is 7.47. The monoisotopic (exact) mass is 809 g/mol. The normalized spacial score (nSPS) is 16.1. The maximum Gasteiger partial charge on any atom is 0.145 e. The van der Waals surface area contributed by atoms with Crippen molar-refractivity contribution in [2.24, 2.45) is 0 Å². The molecule has 1 aliphatic rings. The third-order valence-corrected chi connectivity index (χ3v) is 7.88. The number of aromatic hydroxyl groups is 1. The molecule has 3 N–H and O–H groups in total. The molecule has 0 bridgehead atoms. The Morgan fingerprint density at radius 2 is 1.76 bits per heavy atom. The molecule has 1 heterocycles. The van der Waals surface area contributed by atoms with E-state index >= 15 is 0 Å². The molecule has 0 fully saturated rings. The summed E-state index contributed by atoms with van der Waals surface area (Å²) in [6, 6.07) is 7.00. The van der Waals surface area contributed by atoms with Crippen LogP contribution in [0, 0.1) is 14.3 Å². The van der Waals surface area contributed by atoms with Gasteiger partial charge < -0.3 is 27.6 Å². The molecule has 1 atom stereocenters. The lowest BCUT2D eigenvalue weighted by Crippen LogP contribution is -3.00. The van der Waals surface area contributed by atoms with Crippen molar-refractivity contribution in [1.82, 2.24) is 0 Å². The molecule has 0 spiro atoms. The fraction of sp³-hybridized carbons (Fsp3) is 0.294. The lowest BCUT2D eigenvalue weighted by Gasteiger charge is -2.26. The highest BCUT2D eigenvalue weighted by Gasteiger charge is 2.28. The summed E-state index contributed by atoms with van der Waals surface area (Å²) in [7, 11) is 1.72. The van der Waals surface area contributed by atoms with Gasteiger partial charge in [0, 0.05) is 18.4 Å². The predicted molar refractivity (Wildman–Crippen MR) is 129 cm³/mol. The fourth-order valence-corrected chi connectivity index (χ4v) is 7.51. The number of phenolic OH excluding ortho intramolecular Hbond substituents is 1. The van der Waals surface area contributed by atoms with Crippen LogP contribution in [0.2, 0.25) is 0 Å². The zero-order valence-corrected chi connectivity index (χ0v) is 22.6. The van der Waals surface area contributed by atoms with Crippen LogP contribution >= 0.6 is 90.4 Å². The summed E-state index contributed by atoms with van der Waals surface area (Å²) in [5, 5.41) is 12.7. The van der Waals surface area contributed by atoms with Crippen LogP contribution < -0.4 is 22.5 Å². The molecule has 0 saturated heterocycles. The van der Waals surface area contributed by atoms with E-state index in [2.05, 4.69) is 114 Å². The van der Waals surface area contributed by atoms with Gasteiger partial charge in [0.1, 0.15) is 17.5 Å². The first-order chi connectivity index (χ1) is 11.4. The van der Waals surface area contributed by atoms with E-state index in [1.165, 1.54) is 16.7 Å². The van der Waals surface area contributed by atoms with E-state index in [-0.39, 0.29) is 12.4 Å². The molecule has 0 amide bonds. The molecular weight excluding hydrogens is 793 g/mol. The van der Waals surface area contributed by atoms with Crippen molar-refractivity contribution in [1.29, 1.82) is 0 Å². The number of hydrogen-bond acceptors (Lipinski definition) is 2. The first kappa shape index (κ1) is 22.5. The number of ether oxygens (including phenoxy) is 1. The number of halogens is 5. The number of methoxy groups -OCH3 is 1. The molecule has 0 saturated carbocycles. The van der Waals surface area contributed by atoms with Crippen molar-refractivity contribution in [3.05, 3.63) is 49.2 Å². The zero-order valence-electron chi connectivity index (χ0n) is 13.3. The van der Waals surface area contributed by atoms with Crippen LogP contribution in [0.3, 0.4) is 0 Å². The number of quaternary nitrogens is 1. The van der Waals surface area contributed by atoms with E-state index in [0.717, 1.165) is 39.4 Å². The highest BCUT2D eigenvalue weighted by atomic mass is 127. The third kappa shape index (κ3) is 4.80. The summed E-state index contributed by atoms with van der Waals surface area (Å²) in [6.45, 7) is 1.07. The van der Waals surface area contributed by atoms with E-state index in [0.29, 0.717) is 11.8 Å². The number of rotatable bonds is 3. The highest BCUT2D eigenvalue weighted by molar-refractivity contribution is 14.1. The number of phenols is 1. The van der Waals surface area contributed by atoms with Gasteiger partial charge in [-0.2, -0.15) is 0 Å². The Labute approximate surface area is 208 Å². The Kier molecular flexibility index (Phi) is 8.65. The Morgan fingerprint density at radius 3 is 2.36 bits per heavy atom. The van der Waals surface area contributed by atoms with E-state index in [9.17, 15) is 5.11 Å². The standard InChI is InChI=1S/C17H15I4NO2.ClH/c1-24-17-12(19)4-8(5-13(17)20)6-14-10-7-11(18)16(23)15(21)9(10)2-3-22-14;/h4-5,7,14,22-23H,2-3,6H2,1H3;1H. The van der Waals surface area contributed by atoms with Gasteiger partial charge in [-0.1, -0.05) is 0 Å². The van der Waals surface area contributed by atoms with Crippen molar-refractivity contribution >= 4 is 90.4 Å². The Morgan fingerprint density at radius 1 is 1.12 bits per heavy atom. The van der Waals surface area contributed by atoms with Crippen LogP contribution in [0.5, 0.6) is 11.5 Å². The minimum Gasteiger partial charge on any atom is -1.00 e. The summed E-state index contributed by atoms with van der Waals surface area (Å²) in [6.07, 6.45) is 2.01. The van der Waals surface area contributed by atoms with E-state index in [4.69, 9.17) is 4.74 Å². The van der Waals surface area contributed by atoms with Crippen LogP contribution in [0.4, 0.5) is 0 Å². The molecular formula is C17H16ClI4NO2. The maximum atomic E-state index is 10.2. The smallest absolute Gasteiger partial charge is 0.145 e. The van der Waals surface area contributed by atoms with E-state index in [1.54, 1.807) is 7.11 Å². The largest absolute Gasteiger partial charge is 1.00 e. The highest BCUT2D eigenvalue weighted by Crippen LogP contribution is 2.36. The molecule has 0 aromatic heterocycles. The minimum absolute atomic E-state index is 0. The van der Waals surface area contributed by atoms with E-state index < -0.39 is 0 Å². The van der Waals surface area contributed by atoms with Crippen molar-refractivity contribution < 1.29 is 27.6 Å². The van der Waals surface area contributed by atoms with Gasteiger partial charge in [-0.05, 0) is 120 Å². The number of fused-ring (bicyclic) bond motifs is 1. The summed E-state index contributed by atoms with van der Waals surface area (Å²) >= 11 is 9.21. The Bertz CT molecular complexity index is 778. The van der Waals surface area contributed by atoms with Gasteiger partial charge >= 0.3 is 0 Å². The zero-order chi connectivity index (χ0) is 17.4. The number of hydrogen-bond donors (Lipinski definition) is 2. The molecule has 2 aromatic rings. The van der Waals surface area contributed by atoms with Crippen LogP contribution in [0.15, 0.2) is 18.2 Å². The van der Waals surface area contributed by atoms with Crippen molar-refractivity contribution in [2.75, 3.05) is 13.7 Å². The summed E-state index contributed by atoms with van der Waals surface area (Å²) in [5.74, 6) is 1.39. The molecule has 2 aromatic carbocycles. The molecule has 136 valence electrons. The molecule has 25 heavy (non-hydrogen) atoms. The SMILES string of the molecule is COc1c(I)cc(CC2[NH2+]CCc3c2cc(I)c(O)c3I)cc1I.[Cl-]. The summed E-state index contributed by atoms with van der Waals surface area (Å²) in [5.41, 5.74) is 4.02. The second-order valence-electron chi connectivity index (χ2n) is 5.77. The van der Waals surface area contributed by atoms with Crippen LogP contribution in [0.1, 0.15) is 22.7 Å². The number of benzene rings is 2. The fourth-order valence-electron chi connectivity index (χ4n) is 3.18. The predicted octanol–water partition coefficient (Wildman–Crippen LogP) is 1.23. The first-order valence-corrected chi connectivity index (χ1v) is 11.8. The van der Waals surface area contributed by atoms with Gasteiger partial charge in [0.15, 0.2) is 0 Å².